The minimum absolute atomic E-state index is 0.399. The summed E-state index contributed by atoms with van der Waals surface area (Å²) in [5.74, 6) is 0.546. The SMILES string of the molecule is Cc1cc(Cl)ccc1OC=O. The van der Waals surface area contributed by atoms with Crippen LogP contribution in [-0.2, 0) is 4.79 Å². The number of hydrogen-bond donors (Lipinski definition) is 0. The van der Waals surface area contributed by atoms with Gasteiger partial charge in [-0.05, 0) is 30.7 Å². The van der Waals surface area contributed by atoms with E-state index in [1.807, 2.05) is 6.92 Å². The van der Waals surface area contributed by atoms with Crippen LogP contribution in [0.1, 0.15) is 5.56 Å². The molecule has 0 saturated heterocycles. The molecule has 0 aromatic heterocycles. The fourth-order valence-electron chi connectivity index (χ4n) is 0.797. The molecule has 0 fully saturated rings. The molecule has 0 atom stereocenters. The monoisotopic (exact) mass is 170 g/mol. The lowest BCUT2D eigenvalue weighted by atomic mass is 10.2. The zero-order valence-electron chi connectivity index (χ0n) is 6.00. The molecule has 2 nitrogen and oxygen atoms in total. The van der Waals surface area contributed by atoms with E-state index in [1.54, 1.807) is 18.2 Å². The second-order valence-corrected chi connectivity index (χ2v) is 2.56. The Kier molecular flexibility index (Phi) is 2.49. The van der Waals surface area contributed by atoms with Gasteiger partial charge in [-0.15, -0.1) is 0 Å². The van der Waals surface area contributed by atoms with E-state index in [1.165, 1.54) is 0 Å². The Morgan fingerprint density at radius 1 is 1.55 bits per heavy atom. The highest BCUT2D eigenvalue weighted by atomic mass is 35.5. The average molecular weight is 171 g/mol. The predicted molar refractivity (Wildman–Crippen MR) is 42.9 cm³/mol. The molecule has 0 aliphatic carbocycles. The molecule has 58 valence electrons. The summed E-state index contributed by atoms with van der Waals surface area (Å²) in [5, 5.41) is 0.640. The lowest BCUT2D eigenvalue weighted by Crippen LogP contribution is -1.90. The smallest absolute Gasteiger partial charge is 0.298 e. The normalized spacial score (nSPS) is 9.27. The first-order valence-corrected chi connectivity index (χ1v) is 3.48. The summed E-state index contributed by atoms with van der Waals surface area (Å²) in [6.07, 6.45) is 0. The van der Waals surface area contributed by atoms with Gasteiger partial charge >= 0.3 is 0 Å². The van der Waals surface area contributed by atoms with Gasteiger partial charge in [0.1, 0.15) is 5.75 Å². The van der Waals surface area contributed by atoms with Crippen LogP contribution in [0.15, 0.2) is 18.2 Å². The maximum Gasteiger partial charge on any atom is 0.298 e. The van der Waals surface area contributed by atoms with Gasteiger partial charge in [-0.1, -0.05) is 11.6 Å². The number of carbonyl (C=O) groups is 1. The van der Waals surface area contributed by atoms with Crippen LogP contribution in [0.2, 0.25) is 5.02 Å². The number of aryl methyl sites for hydroxylation is 1. The molecular formula is C8H7ClO2. The Balaban J connectivity index is 2.98. The zero-order valence-corrected chi connectivity index (χ0v) is 6.76. The van der Waals surface area contributed by atoms with Gasteiger partial charge < -0.3 is 4.74 Å². The van der Waals surface area contributed by atoms with Gasteiger partial charge in [0.25, 0.3) is 6.47 Å². The summed E-state index contributed by atoms with van der Waals surface area (Å²) in [6, 6.07) is 5.07. The van der Waals surface area contributed by atoms with Gasteiger partial charge in [-0.3, -0.25) is 4.79 Å². The van der Waals surface area contributed by atoms with Crippen LogP contribution in [0.3, 0.4) is 0 Å². The number of hydrogen-bond acceptors (Lipinski definition) is 2. The second kappa shape index (κ2) is 3.39. The molecule has 0 N–H and O–H groups in total. The summed E-state index contributed by atoms with van der Waals surface area (Å²) in [4.78, 5) is 9.96. The molecule has 1 aromatic rings. The molecule has 0 unspecified atom stereocenters. The van der Waals surface area contributed by atoms with Gasteiger partial charge in [0, 0.05) is 5.02 Å². The zero-order chi connectivity index (χ0) is 8.27. The molecule has 0 amide bonds. The van der Waals surface area contributed by atoms with Gasteiger partial charge in [0.2, 0.25) is 0 Å². The van der Waals surface area contributed by atoms with Crippen molar-refractivity contribution in [3.63, 3.8) is 0 Å². The van der Waals surface area contributed by atoms with Crippen LogP contribution >= 0.6 is 11.6 Å². The number of benzene rings is 1. The van der Waals surface area contributed by atoms with Gasteiger partial charge in [-0.2, -0.15) is 0 Å². The van der Waals surface area contributed by atoms with E-state index in [4.69, 9.17) is 11.6 Å². The van der Waals surface area contributed by atoms with Gasteiger partial charge in [0.15, 0.2) is 0 Å². The maximum atomic E-state index is 9.96. The van der Waals surface area contributed by atoms with Crippen LogP contribution in [0.5, 0.6) is 5.75 Å². The first-order chi connectivity index (χ1) is 5.24. The third-order valence-electron chi connectivity index (χ3n) is 1.31. The predicted octanol–water partition coefficient (Wildman–Crippen LogP) is 2.18. The van der Waals surface area contributed by atoms with Crippen LogP contribution < -0.4 is 4.74 Å². The molecule has 0 bridgehead atoms. The lowest BCUT2D eigenvalue weighted by molar-refractivity contribution is -0.120. The fourth-order valence-corrected chi connectivity index (χ4v) is 1.02. The summed E-state index contributed by atoms with van der Waals surface area (Å²) in [7, 11) is 0. The first-order valence-electron chi connectivity index (χ1n) is 3.10. The number of halogens is 1. The highest BCUT2D eigenvalue weighted by molar-refractivity contribution is 6.30. The van der Waals surface area contributed by atoms with Crippen LogP contribution in [0.4, 0.5) is 0 Å². The van der Waals surface area contributed by atoms with E-state index in [9.17, 15) is 4.79 Å². The average Bonchev–Trinajstić information content (AvgIpc) is 1.95. The summed E-state index contributed by atoms with van der Waals surface area (Å²) >= 11 is 5.67. The van der Waals surface area contributed by atoms with Crippen LogP contribution in [-0.4, -0.2) is 6.47 Å². The van der Waals surface area contributed by atoms with E-state index in [0.717, 1.165) is 5.56 Å². The van der Waals surface area contributed by atoms with Crippen molar-refractivity contribution in [2.45, 2.75) is 6.92 Å². The third-order valence-corrected chi connectivity index (χ3v) is 1.55. The maximum absolute atomic E-state index is 9.96. The minimum Gasteiger partial charge on any atom is -0.428 e. The number of carbonyl (C=O) groups excluding carboxylic acids is 1. The second-order valence-electron chi connectivity index (χ2n) is 2.12. The van der Waals surface area contributed by atoms with E-state index in [-0.39, 0.29) is 0 Å². The fraction of sp³-hybridized carbons (Fsp3) is 0.125. The molecule has 0 aliphatic rings. The number of ether oxygens (including phenoxy) is 1. The number of rotatable bonds is 2. The molecule has 0 radical (unpaired) electrons. The summed E-state index contributed by atoms with van der Waals surface area (Å²) in [5.41, 5.74) is 0.851. The van der Waals surface area contributed by atoms with E-state index >= 15 is 0 Å². The molecule has 0 aliphatic heterocycles. The van der Waals surface area contributed by atoms with Crippen molar-refractivity contribution in [3.8, 4) is 5.75 Å². The standard InChI is InChI=1S/C8H7ClO2/c1-6-4-7(9)2-3-8(6)11-5-10/h2-5H,1H3. The van der Waals surface area contributed by atoms with Gasteiger partial charge in [0.05, 0.1) is 0 Å². The summed E-state index contributed by atoms with van der Waals surface area (Å²) in [6.45, 7) is 2.22. The highest BCUT2D eigenvalue weighted by Gasteiger charge is 1.97. The van der Waals surface area contributed by atoms with Crippen LogP contribution in [0, 0.1) is 6.92 Å². The molecule has 3 heteroatoms. The third kappa shape index (κ3) is 1.95. The van der Waals surface area contributed by atoms with Crippen molar-refractivity contribution in [1.82, 2.24) is 0 Å². The van der Waals surface area contributed by atoms with Crippen molar-refractivity contribution in [3.05, 3.63) is 28.8 Å². The molecular weight excluding hydrogens is 164 g/mol. The molecule has 0 heterocycles. The van der Waals surface area contributed by atoms with E-state index < -0.39 is 0 Å². The summed E-state index contributed by atoms with van der Waals surface area (Å²) < 4.78 is 4.65. The molecule has 0 spiro atoms. The quantitative estimate of drug-likeness (QED) is 0.636. The minimum atomic E-state index is 0.399. The van der Waals surface area contributed by atoms with Crippen molar-refractivity contribution in [1.29, 1.82) is 0 Å². The Hall–Kier alpha value is -1.02. The van der Waals surface area contributed by atoms with Crippen molar-refractivity contribution >= 4 is 18.1 Å². The Bertz CT molecular complexity index is 271. The lowest BCUT2D eigenvalue weighted by Gasteiger charge is -2.01. The Morgan fingerprint density at radius 2 is 2.27 bits per heavy atom. The molecule has 11 heavy (non-hydrogen) atoms. The Labute approximate surface area is 69.7 Å². The largest absolute Gasteiger partial charge is 0.428 e. The highest BCUT2D eigenvalue weighted by Crippen LogP contribution is 2.20. The molecule has 1 aromatic carbocycles. The van der Waals surface area contributed by atoms with Crippen LogP contribution in [0.25, 0.3) is 0 Å². The van der Waals surface area contributed by atoms with E-state index in [2.05, 4.69) is 4.74 Å². The first kappa shape index (κ1) is 8.08. The van der Waals surface area contributed by atoms with Crippen molar-refractivity contribution in [2.24, 2.45) is 0 Å². The van der Waals surface area contributed by atoms with E-state index in [0.29, 0.717) is 17.2 Å². The topological polar surface area (TPSA) is 26.3 Å². The van der Waals surface area contributed by atoms with Crippen molar-refractivity contribution < 1.29 is 9.53 Å². The molecule has 1 rings (SSSR count). The molecule has 0 saturated carbocycles. The van der Waals surface area contributed by atoms with Gasteiger partial charge in [-0.25, -0.2) is 0 Å². The Morgan fingerprint density at radius 3 is 2.82 bits per heavy atom. The van der Waals surface area contributed by atoms with Crippen molar-refractivity contribution in [2.75, 3.05) is 0 Å².